The second-order valence-corrected chi connectivity index (χ2v) is 23.0. The highest BCUT2D eigenvalue weighted by Gasteiger charge is 2.28. The van der Waals surface area contributed by atoms with Crippen molar-refractivity contribution < 1.29 is 4.57 Å². The third kappa shape index (κ3) is 6.23. The monoisotopic (exact) mass is 443 g/mol. The molecule has 1 aromatic heterocycles. The number of rotatable bonds is 8. The maximum Gasteiger partial charge on any atom is 0.243 e. The van der Waals surface area contributed by atoms with Gasteiger partial charge in [-0.3, -0.25) is 0 Å². The average molecular weight is 444 g/mol. The van der Waals surface area contributed by atoms with E-state index in [0.29, 0.717) is 6.04 Å². The number of nitrogens with zero attached hydrogens (tertiary/aromatic N) is 3. The van der Waals surface area contributed by atoms with Gasteiger partial charge in [-0.2, -0.15) is 0 Å². The van der Waals surface area contributed by atoms with Crippen molar-refractivity contribution in [2.75, 3.05) is 23.7 Å². The lowest BCUT2D eigenvalue weighted by atomic mass is 10.0. The lowest BCUT2D eigenvalue weighted by molar-refractivity contribution is -0.671. The molecule has 0 saturated carbocycles. The molecule has 1 atom stereocenters. The highest BCUT2D eigenvalue weighted by atomic mass is 28.3. The predicted octanol–water partition coefficient (Wildman–Crippen LogP) is 5.11. The molecule has 2 heterocycles. The molecule has 1 fully saturated rings. The Morgan fingerprint density at radius 3 is 2.03 bits per heavy atom. The van der Waals surface area contributed by atoms with Gasteiger partial charge in [0, 0.05) is 40.5 Å². The molecule has 1 aliphatic heterocycles. The zero-order valence-corrected chi connectivity index (χ0v) is 22.3. The summed E-state index contributed by atoms with van der Waals surface area (Å²) in [5.74, 6) is 0. The first-order chi connectivity index (χ1) is 13.9. The summed E-state index contributed by atoms with van der Waals surface area (Å²) >= 11 is 0. The summed E-state index contributed by atoms with van der Waals surface area (Å²) < 4.78 is 4.50. The van der Waals surface area contributed by atoms with Crippen molar-refractivity contribution in [3.63, 3.8) is 0 Å². The molecule has 1 unspecified atom stereocenters. The molecule has 0 radical (unpaired) electrons. The normalized spacial score (nSPS) is 17.7. The maximum absolute atomic E-state index is 6.74. The molecule has 3 rings (SSSR count). The van der Waals surface area contributed by atoms with Crippen molar-refractivity contribution in [2.24, 2.45) is 7.05 Å². The summed E-state index contributed by atoms with van der Waals surface area (Å²) in [7, 11) is -0.101. The van der Waals surface area contributed by atoms with Crippen molar-refractivity contribution >= 4 is 27.5 Å². The van der Waals surface area contributed by atoms with E-state index in [4.69, 9.17) is 5.73 Å². The van der Waals surface area contributed by atoms with Crippen molar-refractivity contribution in [1.82, 2.24) is 4.57 Å². The Morgan fingerprint density at radius 1 is 1.00 bits per heavy atom. The third-order valence-corrected chi connectivity index (χ3v) is 9.86. The lowest BCUT2D eigenvalue weighted by Crippen LogP contribution is -2.25. The highest BCUT2D eigenvalue weighted by molar-refractivity contribution is 6.76. The van der Waals surface area contributed by atoms with Gasteiger partial charge in [-0.15, -0.1) is 0 Å². The number of hydrogen-bond acceptors (Lipinski definition) is 2. The number of anilines is 2. The standard InChI is InChI=1S/C24H43N4Si2/c1-26-12-13-28(19-26)22-8-11-27(18-22)23-16-20(9-14-29(2,3)4)24(25)21(17-23)10-15-30(5,6)7/h12-13,16-17,19,22H,8-11,14-15,18,25H2,1-7H3/q+1. The van der Waals surface area contributed by atoms with Gasteiger partial charge in [-0.05, 0) is 36.1 Å². The Balaban J connectivity index is 1.85. The van der Waals surface area contributed by atoms with Gasteiger partial charge in [0.2, 0.25) is 6.33 Å². The Hall–Kier alpha value is -1.54. The fourth-order valence-electron chi connectivity index (χ4n) is 4.28. The largest absolute Gasteiger partial charge is 0.398 e. The molecule has 0 aliphatic carbocycles. The van der Waals surface area contributed by atoms with E-state index < -0.39 is 16.1 Å². The van der Waals surface area contributed by atoms with Crippen LogP contribution in [0.2, 0.25) is 51.4 Å². The summed E-state index contributed by atoms with van der Waals surface area (Å²) in [5.41, 5.74) is 12.0. The molecule has 1 aromatic carbocycles. The second-order valence-electron chi connectivity index (χ2n) is 11.7. The summed E-state index contributed by atoms with van der Waals surface area (Å²) in [4.78, 5) is 2.58. The first-order valence-electron chi connectivity index (χ1n) is 11.6. The van der Waals surface area contributed by atoms with Gasteiger partial charge in [0.05, 0.1) is 13.6 Å². The Labute approximate surface area is 186 Å². The van der Waals surface area contributed by atoms with Gasteiger partial charge >= 0.3 is 0 Å². The van der Waals surface area contributed by atoms with Crippen molar-refractivity contribution in [1.29, 1.82) is 0 Å². The molecule has 2 N–H and O–H groups in total. The number of imidazole rings is 1. The highest BCUT2D eigenvalue weighted by Crippen LogP contribution is 2.33. The maximum atomic E-state index is 6.74. The van der Waals surface area contributed by atoms with Crippen LogP contribution in [-0.4, -0.2) is 33.8 Å². The van der Waals surface area contributed by atoms with Crippen LogP contribution >= 0.6 is 0 Å². The van der Waals surface area contributed by atoms with E-state index in [1.165, 1.54) is 35.3 Å². The molecule has 166 valence electrons. The molecule has 30 heavy (non-hydrogen) atoms. The van der Waals surface area contributed by atoms with Crippen LogP contribution in [0.4, 0.5) is 11.4 Å². The Morgan fingerprint density at radius 2 is 1.57 bits per heavy atom. The second kappa shape index (κ2) is 8.91. The molecule has 2 aromatic rings. The molecule has 0 spiro atoms. The van der Waals surface area contributed by atoms with Crippen LogP contribution in [-0.2, 0) is 19.9 Å². The van der Waals surface area contributed by atoms with Gasteiger partial charge in [-0.25, -0.2) is 9.13 Å². The van der Waals surface area contributed by atoms with Crippen LogP contribution in [0.1, 0.15) is 23.6 Å². The predicted molar refractivity (Wildman–Crippen MR) is 136 cm³/mol. The minimum Gasteiger partial charge on any atom is -0.398 e. The molecule has 0 bridgehead atoms. The van der Waals surface area contributed by atoms with Crippen molar-refractivity contribution in [2.45, 2.75) is 76.7 Å². The lowest BCUT2D eigenvalue weighted by Gasteiger charge is -2.24. The molecule has 1 aliphatic rings. The first-order valence-corrected chi connectivity index (χ1v) is 19.0. The summed E-state index contributed by atoms with van der Waals surface area (Å²) in [6.45, 7) is 17.0. The van der Waals surface area contributed by atoms with Gasteiger partial charge < -0.3 is 10.6 Å². The minimum atomic E-state index is -1.10. The quantitative estimate of drug-likeness (QED) is 0.350. The van der Waals surface area contributed by atoms with Crippen LogP contribution in [0.15, 0.2) is 30.9 Å². The van der Waals surface area contributed by atoms with Gasteiger partial charge in [0.25, 0.3) is 0 Å². The SMILES string of the molecule is C[n+]1ccn(C2CCN(c3cc(CC[Si](C)(C)C)c(N)c(CC[Si](C)(C)C)c3)C2)c1. The Bertz CT molecular complexity index is 822. The topological polar surface area (TPSA) is 38.1 Å². The fraction of sp³-hybridized carbons (Fsp3) is 0.625. The van der Waals surface area contributed by atoms with E-state index in [2.05, 4.69) is 91.2 Å². The van der Waals surface area contributed by atoms with Crippen molar-refractivity contribution in [3.8, 4) is 0 Å². The molecular weight excluding hydrogens is 400 g/mol. The molecular formula is C24H43N4Si2+. The van der Waals surface area contributed by atoms with E-state index in [1.807, 2.05) is 0 Å². The smallest absolute Gasteiger partial charge is 0.243 e. The summed E-state index contributed by atoms with van der Waals surface area (Å²) in [5, 5.41) is 0. The molecule has 1 saturated heterocycles. The molecule has 0 amide bonds. The van der Waals surface area contributed by atoms with E-state index in [0.717, 1.165) is 31.6 Å². The summed E-state index contributed by atoms with van der Waals surface area (Å²) in [6, 6.07) is 7.98. The van der Waals surface area contributed by atoms with E-state index in [-0.39, 0.29) is 0 Å². The van der Waals surface area contributed by atoms with Gasteiger partial charge in [-0.1, -0.05) is 51.4 Å². The number of nitrogens with two attached hydrogens (primary N) is 1. The number of hydrogen-bond donors (Lipinski definition) is 1. The van der Waals surface area contributed by atoms with Gasteiger partial charge in [0.1, 0.15) is 18.4 Å². The zero-order chi connectivity index (χ0) is 22.1. The fourth-order valence-corrected chi connectivity index (χ4v) is 6.32. The molecule has 4 nitrogen and oxygen atoms in total. The minimum absolute atomic E-state index is 0.555. The number of nitrogen functional groups attached to an aromatic ring is 1. The number of aromatic nitrogens is 2. The van der Waals surface area contributed by atoms with Gasteiger partial charge in [0.15, 0.2) is 0 Å². The summed E-state index contributed by atoms with van der Waals surface area (Å²) in [6.07, 6.45) is 9.99. The average Bonchev–Trinajstić information content (AvgIpc) is 3.27. The Kier molecular flexibility index (Phi) is 6.87. The van der Waals surface area contributed by atoms with E-state index >= 15 is 0 Å². The molecule has 6 heteroatoms. The van der Waals surface area contributed by atoms with E-state index in [1.54, 1.807) is 0 Å². The number of benzene rings is 1. The first kappa shape index (κ1) is 23.1. The third-order valence-electron chi connectivity index (χ3n) is 6.36. The van der Waals surface area contributed by atoms with Crippen LogP contribution in [0.5, 0.6) is 0 Å². The van der Waals surface area contributed by atoms with Crippen LogP contribution in [0, 0.1) is 0 Å². The van der Waals surface area contributed by atoms with Crippen LogP contribution in [0.25, 0.3) is 0 Å². The van der Waals surface area contributed by atoms with E-state index in [9.17, 15) is 0 Å². The van der Waals surface area contributed by atoms with Crippen LogP contribution in [0.3, 0.4) is 0 Å². The zero-order valence-electron chi connectivity index (χ0n) is 20.3. The van der Waals surface area contributed by atoms with Crippen LogP contribution < -0.4 is 15.2 Å². The van der Waals surface area contributed by atoms with Crippen molar-refractivity contribution in [3.05, 3.63) is 42.0 Å². The number of aryl methyl sites for hydroxylation is 3.